The van der Waals surface area contributed by atoms with Gasteiger partial charge in [-0.1, -0.05) is 70.4 Å². The summed E-state index contributed by atoms with van der Waals surface area (Å²) in [5.41, 5.74) is 14.6. The number of unbranched alkanes of at least 4 members (excludes halogenated alkanes) is 8. The van der Waals surface area contributed by atoms with E-state index in [4.69, 9.17) is 15.9 Å². The van der Waals surface area contributed by atoms with Crippen molar-refractivity contribution >= 4 is 23.5 Å². The number of nitrogens with two attached hydrogens (primary N) is 2. The lowest BCUT2D eigenvalue weighted by Gasteiger charge is -2.03. The Balaban J connectivity index is 0.00000312. The Morgan fingerprint density at radius 1 is 1.00 bits per heavy atom. The highest BCUT2D eigenvalue weighted by molar-refractivity contribution is 5.85. The van der Waals surface area contributed by atoms with Gasteiger partial charge in [-0.2, -0.15) is 0 Å². The third-order valence-corrected chi connectivity index (χ3v) is 4.64. The van der Waals surface area contributed by atoms with Gasteiger partial charge in [0.25, 0.3) is 0 Å². The van der Waals surface area contributed by atoms with E-state index in [9.17, 15) is 0 Å². The van der Waals surface area contributed by atoms with Gasteiger partial charge in [-0.25, -0.2) is 4.98 Å². The molecule has 2 aromatic rings. The van der Waals surface area contributed by atoms with Crippen LogP contribution in [0.3, 0.4) is 0 Å². The third-order valence-electron chi connectivity index (χ3n) is 4.64. The molecule has 0 aliphatic heterocycles. The molecule has 142 valence electrons. The van der Waals surface area contributed by atoms with Gasteiger partial charge in [0.2, 0.25) is 5.89 Å². The summed E-state index contributed by atoms with van der Waals surface area (Å²) < 4.78 is 5.74. The SMILES string of the molecule is CCCCCCCCCCCc1cccc2oc(C(N)CN)nc12.Cl. The van der Waals surface area contributed by atoms with Crippen LogP contribution in [0, 0.1) is 0 Å². The summed E-state index contributed by atoms with van der Waals surface area (Å²) in [5, 5.41) is 0. The first-order chi connectivity index (χ1) is 11.8. The summed E-state index contributed by atoms with van der Waals surface area (Å²) in [6.07, 6.45) is 13.2. The Morgan fingerprint density at radius 3 is 2.28 bits per heavy atom. The molecule has 0 fully saturated rings. The lowest BCUT2D eigenvalue weighted by Crippen LogP contribution is -2.20. The van der Waals surface area contributed by atoms with Crippen LogP contribution in [0.1, 0.15) is 82.2 Å². The van der Waals surface area contributed by atoms with Crippen molar-refractivity contribution in [1.29, 1.82) is 0 Å². The van der Waals surface area contributed by atoms with Crippen molar-refractivity contribution in [1.82, 2.24) is 4.98 Å². The van der Waals surface area contributed by atoms with E-state index in [1.165, 1.54) is 63.4 Å². The van der Waals surface area contributed by atoms with Crippen molar-refractivity contribution in [3.8, 4) is 0 Å². The number of benzene rings is 1. The van der Waals surface area contributed by atoms with Gasteiger partial charge in [-0.3, -0.25) is 0 Å². The number of rotatable bonds is 12. The zero-order valence-corrected chi connectivity index (χ0v) is 16.3. The highest BCUT2D eigenvalue weighted by atomic mass is 35.5. The number of aromatic nitrogens is 1. The summed E-state index contributed by atoms with van der Waals surface area (Å²) in [5.74, 6) is 0.548. The maximum atomic E-state index is 5.93. The smallest absolute Gasteiger partial charge is 0.213 e. The minimum absolute atomic E-state index is 0. The molecule has 0 aliphatic carbocycles. The van der Waals surface area contributed by atoms with Crippen molar-refractivity contribution < 1.29 is 4.42 Å². The molecule has 1 atom stereocenters. The van der Waals surface area contributed by atoms with Crippen molar-refractivity contribution in [2.24, 2.45) is 11.5 Å². The number of halogens is 1. The normalized spacial score (nSPS) is 12.3. The molecule has 0 spiro atoms. The summed E-state index contributed by atoms with van der Waals surface area (Å²) in [7, 11) is 0. The molecule has 0 bridgehead atoms. The largest absolute Gasteiger partial charge is 0.439 e. The van der Waals surface area contributed by atoms with Crippen LogP contribution in [-0.2, 0) is 6.42 Å². The summed E-state index contributed by atoms with van der Waals surface area (Å²) >= 11 is 0. The van der Waals surface area contributed by atoms with Gasteiger partial charge in [0.05, 0.1) is 6.04 Å². The summed E-state index contributed by atoms with van der Waals surface area (Å²) in [6.45, 7) is 2.61. The first-order valence-corrected chi connectivity index (χ1v) is 9.60. The second-order valence-electron chi connectivity index (χ2n) is 6.74. The number of aryl methyl sites for hydroxylation is 1. The number of hydrogen-bond donors (Lipinski definition) is 2. The van der Waals surface area contributed by atoms with Gasteiger partial charge >= 0.3 is 0 Å². The first-order valence-electron chi connectivity index (χ1n) is 9.60. The second kappa shape index (κ2) is 12.3. The topological polar surface area (TPSA) is 78.1 Å². The molecule has 0 radical (unpaired) electrons. The number of hydrogen-bond acceptors (Lipinski definition) is 4. The highest BCUT2D eigenvalue weighted by Gasteiger charge is 2.14. The molecule has 0 amide bonds. The molecule has 1 heterocycles. The molecule has 4 nitrogen and oxygen atoms in total. The Labute approximate surface area is 158 Å². The maximum Gasteiger partial charge on any atom is 0.213 e. The van der Waals surface area contributed by atoms with E-state index in [1.807, 2.05) is 12.1 Å². The molecule has 1 unspecified atom stereocenters. The molecule has 0 aliphatic rings. The minimum atomic E-state index is -0.321. The van der Waals surface area contributed by atoms with E-state index >= 15 is 0 Å². The van der Waals surface area contributed by atoms with Crippen LogP contribution in [0.5, 0.6) is 0 Å². The molecule has 1 aromatic carbocycles. The fourth-order valence-corrected chi connectivity index (χ4v) is 3.11. The maximum absolute atomic E-state index is 5.93. The minimum Gasteiger partial charge on any atom is -0.439 e. The van der Waals surface area contributed by atoms with Crippen LogP contribution in [0.15, 0.2) is 22.6 Å². The highest BCUT2D eigenvalue weighted by Crippen LogP contribution is 2.23. The molecule has 25 heavy (non-hydrogen) atoms. The lowest BCUT2D eigenvalue weighted by molar-refractivity contribution is 0.480. The zero-order chi connectivity index (χ0) is 17.2. The average molecular weight is 368 g/mol. The van der Waals surface area contributed by atoms with Gasteiger partial charge in [-0.15, -0.1) is 12.4 Å². The van der Waals surface area contributed by atoms with E-state index in [-0.39, 0.29) is 18.4 Å². The predicted octanol–water partition coefficient (Wildman–Crippen LogP) is 5.28. The van der Waals surface area contributed by atoms with Crippen LogP contribution in [0.4, 0.5) is 0 Å². The number of fused-ring (bicyclic) bond motifs is 1. The molecule has 5 heteroatoms. The van der Waals surface area contributed by atoms with Gasteiger partial charge in [-0.05, 0) is 24.5 Å². The Morgan fingerprint density at radius 2 is 1.64 bits per heavy atom. The van der Waals surface area contributed by atoms with Crippen molar-refractivity contribution in [3.05, 3.63) is 29.7 Å². The fraction of sp³-hybridized carbons (Fsp3) is 0.650. The number of para-hydroxylation sites is 1. The molecule has 1 aromatic heterocycles. The second-order valence-corrected chi connectivity index (χ2v) is 6.74. The molecular formula is C20H34ClN3O. The average Bonchev–Trinajstić information content (AvgIpc) is 3.04. The van der Waals surface area contributed by atoms with Crippen LogP contribution >= 0.6 is 12.4 Å². The van der Waals surface area contributed by atoms with Crippen LogP contribution in [0.2, 0.25) is 0 Å². The number of oxazole rings is 1. The Kier molecular flexibility index (Phi) is 10.8. The van der Waals surface area contributed by atoms with E-state index in [0.29, 0.717) is 12.4 Å². The molecular weight excluding hydrogens is 334 g/mol. The van der Waals surface area contributed by atoms with Crippen LogP contribution in [-0.4, -0.2) is 11.5 Å². The van der Waals surface area contributed by atoms with Crippen molar-refractivity contribution in [3.63, 3.8) is 0 Å². The summed E-state index contributed by atoms with van der Waals surface area (Å²) in [6, 6.07) is 5.81. The van der Waals surface area contributed by atoms with Crippen LogP contribution in [0.25, 0.3) is 11.1 Å². The van der Waals surface area contributed by atoms with Crippen molar-refractivity contribution in [2.75, 3.05) is 6.54 Å². The fourth-order valence-electron chi connectivity index (χ4n) is 3.11. The Hall–Kier alpha value is -1.10. The van der Waals surface area contributed by atoms with Gasteiger partial charge in [0.15, 0.2) is 5.58 Å². The third kappa shape index (κ3) is 6.96. The zero-order valence-electron chi connectivity index (χ0n) is 15.5. The Bertz CT molecular complexity index is 600. The van der Waals surface area contributed by atoms with Gasteiger partial charge in [0.1, 0.15) is 5.52 Å². The molecule has 0 saturated heterocycles. The molecule has 4 N–H and O–H groups in total. The van der Waals surface area contributed by atoms with E-state index in [1.54, 1.807) is 0 Å². The standard InChI is InChI=1S/C20H33N3O.ClH/c1-2-3-4-5-6-7-8-9-10-12-16-13-11-14-18-19(16)23-20(24-18)17(22)15-21;/h11,13-14,17H,2-10,12,15,21-22H2,1H3;1H. The van der Waals surface area contributed by atoms with E-state index in [2.05, 4.69) is 18.0 Å². The van der Waals surface area contributed by atoms with Gasteiger partial charge in [0, 0.05) is 6.54 Å². The van der Waals surface area contributed by atoms with Crippen molar-refractivity contribution in [2.45, 2.75) is 77.2 Å². The molecule has 0 saturated carbocycles. The molecule has 2 rings (SSSR count). The van der Waals surface area contributed by atoms with E-state index < -0.39 is 0 Å². The monoisotopic (exact) mass is 367 g/mol. The van der Waals surface area contributed by atoms with Gasteiger partial charge < -0.3 is 15.9 Å². The van der Waals surface area contributed by atoms with E-state index in [0.717, 1.165) is 17.5 Å². The first kappa shape index (κ1) is 21.9. The summed E-state index contributed by atoms with van der Waals surface area (Å²) in [4.78, 5) is 4.57. The quantitative estimate of drug-likeness (QED) is 0.500. The number of nitrogens with zero attached hydrogens (tertiary/aromatic N) is 1. The predicted molar refractivity (Wildman–Crippen MR) is 108 cm³/mol. The lowest BCUT2D eigenvalue weighted by atomic mass is 10.0. The van der Waals surface area contributed by atoms with Crippen LogP contribution < -0.4 is 11.5 Å².